The summed E-state index contributed by atoms with van der Waals surface area (Å²) in [5, 5.41) is 2.92. The van der Waals surface area contributed by atoms with Crippen molar-refractivity contribution in [3.63, 3.8) is 0 Å². The Labute approximate surface area is 118 Å². The second kappa shape index (κ2) is 4.58. The van der Waals surface area contributed by atoms with Gasteiger partial charge in [0.15, 0.2) is 0 Å². The molecule has 0 aromatic carbocycles. The molecule has 0 radical (unpaired) electrons. The molecule has 3 rings (SSSR count). The normalized spacial score (nSPS) is 30.3. The van der Waals surface area contributed by atoms with Crippen molar-refractivity contribution in [2.45, 2.75) is 44.8 Å². The van der Waals surface area contributed by atoms with E-state index in [0.29, 0.717) is 6.54 Å². The van der Waals surface area contributed by atoms with Crippen molar-refractivity contribution in [3.05, 3.63) is 30.1 Å². The fraction of sp³-hybridized carbons (Fsp3) is 0.533. The van der Waals surface area contributed by atoms with Crippen LogP contribution in [0.1, 0.15) is 32.3 Å². The predicted octanol–water partition coefficient (Wildman–Crippen LogP) is 1.10. The fourth-order valence-electron chi connectivity index (χ4n) is 2.86. The summed E-state index contributed by atoms with van der Waals surface area (Å²) in [7, 11) is 0. The first-order chi connectivity index (χ1) is 9.52. The first-order valence-corrected chi connectivity index (χ1v) is 7.04. The third-order valence-electron chi connectivity index (χ3n) is 4.40. The Balaban J connectivity index is 1.87. The van der Waals surface area contributed by atoms with Gasteiger partial charge in [-0.3, -0.25) is 14.6 Å². The van der Waals surface area contributed by atoms with Crippen LogP contribution >= 0.6 is 0 Å². The maximum Gasteiger partial charge on any atom is 0.249 e. The average molecular weight is 273 g/mol. The van der Waals surface area contributed by atoms with Gasteiger partial charge in [0, 0.05) is 18.9 Å². The van der Waals surface area contributed by atoms with E-state index in [1.807, 2.05) is 19.1 Å². The molecule has 2 aliphatic rings. The number of hydrogen-bond acceptors (Lipinski definition) is 3. The highest BCUT2D eigenvalue weighted by Crippen LogP contribution is 2.42. The highest BCUT2D eigenvalue weighted by molar-refractivity contribution is 5.99. The molecule has 2 atom stereocenters. The molecule has 1 saturated carbocycles. The van der Waals surface area contributed by atoms with Crippen molar-refractivity contribution in [1.82, 2.24) is 15.2 Å². The number of hydrogen-bond donors (Lipinski definition) is 1. The van der Waals surface area contributed by atoms with Gasteiger partial charge in [0.2, 0.25) is 11.8 Å². The zero-order valence-corrected chi connectivity index (χ0v) is 11.8. The zero-order chi connectivity index (χ0) is 14.3. The van der Waals surface area contributed by atoms with E-state index in [9.17, 15) is 9.59 Å². The maximum atomic E-state index is 12.8. The number of carbonyl (C=O) groups excluding carboxylic acids is 2. The van der Waals surface area contributed by atoms with Gasteiger partial charge in [-0.25, -0.2) is 0 Å². The number of nitrogens with one attached hydrogen (secondary N) is 1. The lowest BCUT2D eigenvalue weighted by molar-refractivity contribution is -0.155. The predicted molar refractivity (Wildman–Crippen MR) is 73.5 cm³/mol. The Hall–Kier alpha value is -1.91. The van der Waals surface area contributed by atoms with Crippen LogP contribution in [0.5, 0.6) is 0 Å². The van der Waals surface area contributed by atoms with Crippen LogP contribution in [0.2, 0.25) is 0 Å². The number of aromatic nitrogens is 1. The molecule has 1 aromatic rings. The standard InChI is InChI=1S/C15H19N3O2/c1-10-13(19)17-15(2,12-5-6-12)14(20)18(10)9-11-4-3-7-16-8-11/h3-4,7-8,10,12H,5-6,9H2,1-2H3,(H,17,19). The molecular formula is C15H19N3O2. The van der Waals surface area contributed by atoms with Crippen molar-refractivity contribution in [2.75, 3.05) is 0 Å². The van der Waals surface area contributed by atoms with E-state index >= 15 is 0 Å². The van der Waals surface area contributed by atoms with Crippen LogP contribution in [-0.2, 0) is 16.1 Å². The molecule has 2 amide bonds. The van der Waals surface area contributed by atoms with Gasteiger partial charge in [-0.15, -0.1) is 0 Å². The molecule has 1 N–H and O–H groups in total. The van der Waals surface area contributed by atoms with Gasteiger partial charge in [0.05, 0.1) is 0 Å². The molecule has 2 heterocycles. The quantitative estimate of drug-likeness (QED) is 0.897. The van der Waals surface area contributed by atoms with Crippen LogP contribution in [0.25, 0.3) is 0 Å². The summed E-state index contributed by atoms with van der Waals surface area (Å²) in [5.41, 5.74) is 0.215. The summed E-state index contributed by atoms with van der Waals surface area (Å²) in [6.07, 6.45) is 5.46. The summed E-state index contributed by atoms with van der Waals surface area (Å²) >= 11 is 0. The van der Waals surface area contributed by atoms with E-state index in [1.54, 1.807) is 24.2 Å². The summed E-state index contributed by atoms with van der Waals surface area (Å²) in [5.74, 6) is 0.238. The molecule has 106 valence electrons. The van der Waals surface area contributed by atoms with E-state index in [2.05, 4.69) is 10.3 Å². The minimum atomic E-state index is -0.730. The van der Waals surface area contributed by atoms with Crippen molar-refractivity contribution >= 4 is 11.8 Å². The van der Waals surface area contributed by atoms with Gasteiger partial charge < -0.3 is 10.2 Å². The number of carbonyl (C=O) groups is 2. The van der Waals surface area contributed by atoms with Crippen LogP contribution in [-0.4, -0.2) is 33.3 Å². The van der Waals surface area contributed by atoms with Crippen molar-refractivity contribution in [3.8, 4) is 0 Å². The lowest BCUT2D eigenvalue weighted by Gasteiger charge is -2.43. The van der Waals surface area contributed by atoms with Crippen molar-refractivity contribution in [2.24, 2.45) is 5.92 Å². The number of rotatable bonds is 3. The third kappa shape index (κ3) is 2.07. The molecule has 1 saturated heterocycles. The third-order valence-corrected chi connectivity index (χ3v) is 4.40. The van der Waals surface area contributed by atoms with E-state index in [0.717, 1.165) is 18.4 Å². The Morgan fingerprint density at radius 1 is 1.45 bits per heavy atom. The second-order valence-electron chi connectivity index (χ2n) is 5.94. The summed E-state index contributed by atoms with van der Waals surface area (Å²) < 4.78 is 0. The minimum Gasteiger partial charge on any atom is -0.340 e. The highest BCUT2D eigenvalue weighted by atomic mass is 16.2. The second-order valence-corrected chi connectivity index (χ2v) is 5.94. The van der Waals surface area contributed by atoms with Gasteiger partial charge in [-0.05, 0) is 44.2 Å². The lowest BCUT2D eigenvalue weighted by atomic mass is 9.89. The van der Waals surface area contributed by atoms with Gasteiger partial charge in [-0.2, -0.15) is 0 Å². The van der Waals surface area contributed by atoms with Crippen LogP contribution in [0.3, 0.4) is 0 Å². The van der Waals surface area contributed by atoms with Crippen LogP contribution < -0.4 is 5.32 Å². The summed E-state index contributed by atoms with van der Waals surface area (Å²) in [6, 6.07) is 3.33. The molecule has 2 unspecified atom stereocenters. The first kappa shape index (κ1) is 13.1. The van der Waals surface area contributed by atoms with Crippen LogP contribution in [0, 0.1) is 5.92 Å². The zero-order valence-electron chi connectivity index (χ0n) is 11.8. The van der Waals surface area contributed by atoms with Crippen molar-refractivity contribution in [1.29, 1.82) is 0 Å². The van der Waals surface area contributed by atoms with Crippen LogP contribution in [0.15, 0.2) is 24.5 Å². The largest absolute Gasteiger partial charge is 0.340 e. The first-order valence-electron chi connectivity index (χ1n) is 7.04. The molecule has 20 heavy (non-hydrogen) atoms. The number of amides is 2. The van der Waals surface area contributed by atoms with Crippen molar-refractivity contribution < 1.29 is 9.59 Å². The fourth-order valence-corrected chi connectivity index (χ4v) is 2.86. The van der Waals surface area contributed by atoms with E-state index in [4.69, 9.17) is 0 Å². The monoisotopic (exact) mass is 273 g/mol. The molecule has 1 aliphatic carbocycles. The molecular weight excluding hydrogens is 254 g/mol. The summed E-state index contributed by atoms with van der Waals surface area (Å²) in [6.45, 7) is 4.06. The van der Waals surface area contributed by atoms with E-state index in [1.165, 1.54) is 0 Å². The SMILES string of the molecule is CC1C(=O)NC(C)(C2CC2)C(=O)N1Cc1cccnc1. The lowest BCUT2D eigenvalue weighted by Crippen LogP contribution is -2.69. The Kier molecular flexibility index (Phi) is 3.00. The topological polar surface area (TPSA) is 62.3 Å². The Morgan fingerprint density at radius 3 is 2.80 bits per heavy atom. The smallest absolute Gasteiger partial charge is 0.249 e. The number of piperazine rings is 1. The van der Waals surface area contributed by atoms with E-state index in [-0.39, 0.29) is 17.7 Å². The van der Waals surface area contributed by atoms with E-state index < -0.39 is 11.6 Å². The number of pyridine rings is 1. The Morgan fingerprint density at radius 2 is 2.20 bits per heavy atom. The summed E-state index contributed by atoms with van der Waals surface area (Å²) in [4.78, 5) is 30.7. The molecule has 0 bridgehead atoms. The van der Waals surface area contributed by atoms with Gasteiger partial charge in [0.25, 0.3) is 0 Å². The number of nitrogens with zero attached hydrogens (tertiary/aromatic N) is 2. The molecule has 1 aromatic heterocycles. The van der Waals surface area contributed by atoms with Crippen LogP contribution in [0.4, 0.5) is 0 Å². The molecule has 5 heteroatoms. The van der Waals surface area contributed by atoms with Gasteiger partial charge in [0.1, 0.15) is 11.6 Å². The average Bonchev–Trinajstić information content (AvgIpc) is 3.27. The minimum absolute atomic E-state index is 0.0240. The molecule has 0 spiro atoms. The molecule has 5 nitrogen and oxygen atoms in total. The molecule has 2 fully saturated rings. The highest BCUT2D eigenvalue weighted by Gasteiger charge is 2.54. The van der Waals surface area contributed by atoms with Gasteiger partial charge >= 0.3 is 0 Å². The maximum absolute atomic E-state index is 12.8. The Bertz CT molecular complexity index is 541. The van der Waals surface area contributed by atoms with Gasteiger partial charge in [-0.1, -0.05) is 6.07 Å². The molecule has 1 aliphatic heterocycles.